The van der Waals surface area contributed by atoms with E-state index in [1.165, 1.54) is 12.1 Å². The molecule has 1 saturated heterocycles. The first kappa shape index (κ1) is 24.1. The van der Waals surface area contributed by atoms with Gasteiger partial charge in [0.25, 0.3) is 5.56 Å². The zero-order valence-electron chi connectivity index (χ0n) is 19.5. The monoisotopic (exact) mass is 477 g/mol. The fourth-order valence-corrected chi connectivity index (χ4v) is 4.55. The molecule has 1 amide bonds. The van der Waals surface area contributed by atoms with Crippen molar-refractivity contribution in [3.63, 3.8) is 0 Å². The van der Waals surface area contributed by atoms with Crippen LogP contribution in [0.25, 0.3) is 0 Å². The molecular weight excluding hydrogens is 447 g/mol. The summed E-state index contributed by atoms with van der Waals surface area (Å²) in [5.41, 5.74) is 0.970. The van der Waals surface area contributed by atoms with Crippen LogP contribution in [0, 0.1) is 0 Å². The van der Waals surface area contributed by atoms with Crippen molar-refractivity contribution in [1.82, 2.24) is 14.6 Å². The van der Waals surface area contributed by atoms with Crippen LogP contribution < -0.4 is 15.9 Å². The van der Waals surface area contributed by atoms with E-state index in [0.717, 1.165) is 31.4 Å². The molecule has 1 aromatic heterocycles. The van der Waals surface area contributed by atoms with Gasteiger partial charge in [0, 0.05) is 32.5 Å². The highest BCUT2D eigenvalue weighted by atomic mass is 19.4. The fourth-order valence-electron chi connectivity index (χ4n) is 4.55. The fraction of sp³-hybridized carbons (Fsp3) is 0.542. The molecule has 2 aliphatic heterocycles. The molecule has 34 heavy (non-hydrogen) atoms. The van der Waals surface area contributed by atoms with E-state index in [2.05, 4.69) is 5.32 Å². The Morgan fingerprint density at radius 1 is 1.15 bits per heavy atom. The summed E-state index contributed by atoms with van der Waals surface area (Å²) in [6, 6.07) is 4.63. The van der Waals surface area contributed by atoms with E-state index < -0.39 is 11.7 Å². The van der Waals surface area contributed by atoms with Crippen LogP contribution in [0.4, 0.5) is 19.1 Å². The Morgan fingerprint density at radius 2 is 1.82 bits per heavy atom. The quantitative estimate of drug-likeness (QED) is 0.685. The Hall–Kier alpha value is -3.04. The van der Waals surface area contributed by atoms with Crippen molar-refractivity contribution in [3.8, 4) is 0 Å². The molecule has 10 heteroatoms. The first-order valence-electron chi connectivity index (χ1n) is 11.8. The van der Waals surface area contributed by atoms with Gasteiger partial charge in [0.2, 0.25) is 11.9 Å². The second-order valence-corrected chi connectivity index (χ2v) is 8.94. The number of halogens is 3. The Kier molecular flexibility index (Phi) is 6.86. The maximum atomic E-state index is 13.6. The van der Waals surface area contributed by atoms with Crippen molar-refractivity contribution in [2.75, 3.05) is 30.0 Å². The summed E-state index contributed by atoms with van der Waals surface area (Å²) < 4.78 is 40.3. The van der Waals surface area contributed by atoms with Crippen LogP contribution in [0.2, 0.25) is 0 Å². The summed E-state index contributed by atoms with van der Waals surface area (Å²) in [4.78, 5) is 32.5. The minimum Gasteiger partial charge on any atom is -0.348 e. The van der Waals surface area contributed by atoms with Gasteiger partial charge >= 0.3 is 6.18 Å². The van der Waals surface area contributed by atoms with E-state index in [-0.39, 0.29) is 24.1 Å². The van der Waals surface area contributed by atoms with Crippen LogP contribution in [0.15, 0.2) is 29.1 Å². The molecule has 0 aliphatic carbocycles. The second kappa shape index (κ2) is 9.68. The number of carbonyl (C=O) groups is 1. The number of nitrogens with one attached hydrogen (secondary N) is 1. The van der Waals surface area contributed by atoms with E-state index in [9.17, 15) is 22.8 Å². The summed E-state index contributed by atoms with van der Waals surface area (Å²) in [6.45, 7) is 5.97. The van der Waals surface area contributed by atoms with Crippen LogP contribution in [0.3, 0.4) is 0 Å². The number of hydrogen-bond donors (Lipinski definition) is 1. The van der Waals surface area contributed by atoms with Gasteiger partial charge < -0.3 is 15.2 Å². The minimum atomic E-state index is -4.39. The Bertz CT molecular complexity index is 1090. The van der Waals surface area contributed by atoms with Crippen LogP contribution in [0.1, 0.15) is 68.0 Å². The number of amides is 1. The van der Waals surface area contributed by atoms with Gasteiger partial charge in [-0.3, -0.25) is 9.59 Å². The van der Waals surface area contributed by atoms with Crippen LogP contribution >= 0.6 is 0 Å². The topological polar surface area (TPSA) is 70.5 Å². The highest BCUT2D eigenvalue weighted by Crippen LogP contribution is 2.30. The summed E-state index contributed by atoms with van der Waals surface area (Å²) in [7, 11) is 0. The minimum absolute atomic E-state index is 0.0402. The first-order chi connectivity index (χ1) is 16.2. The zero-order chi connectivity index (χ0) is 24.5. The second-order valence-electron chi connectivity index (χ2n) is 8.94. The van der Waals surface area contributed by atoms with Crippen molar-refractivity contribution in [3.05, 3.63) is 57.0 Å². The number of anilines is 1. The smallest absolute Gasteiger partial charge is 0.348 e. The van der Waals surface area contributed by atoms with Crippen LogP contribution in [0.5, 0.6) is 0 Å². The standard InChI is InChI=1S/C24H30F3N5O2/c1-3-6-21(33)30-14-11-20-19(15-30)22(34)32(31-12-4-5-13-31)23(29-20)28-16(2)17-7-9-18(10-8-17)24(25,26)27/h7-10,16H,3-6,11-15H2,1-2H3,(H,28,29). The van der Waals surface area contributed by atoms with Gasteiger partial charge in [-0.2, -0.15) is 17.8 Å². The maximum Gasteiger partial charge on any atom is 0.416 e. The molecule has 1 fully saturated rings. The van der Waals surface area contributed by atoms with E-state index in [1.807, 2.05) is 18.9 Å². The molecule has 2 aromatic rings. The number of nitrogens with zero attached hydrogens (tertiary/aromatic N) is 4. The Morgan fingerprint density at radius 3 is 2.44 bits per heavy atom. The van der Waals surface area contributed by atoms with E-state index in [4.69, 9.17) is 4.98 Å². The molecule has 0 saturated carbocycles. The predicted molar refractivity (Wildman–Crippen MR) is 123 cm³/mol. The molecule has 184 valence electrons. The van der Waals surface area contributed by atoms with Crippen molar-refractivity contribution in [2.24, 2.45) is 0 Å². The van der Waals surface area contributed by atoms with Crippen LogP contribution in [-0.4, -0.2) is 40.1 Å². The average Bonchev–Trinajstić information content (AvgIpc) is 3.33. The van der Waals surface area contributed by atoms with E-state index >= 15 is 0 Å². The van der Waals surface area contributed by atoms with Crippen molar-refractivity contribution in [2.45, 2.75) is 64.7 Å². The molecule has 4 rings (SSSR count). The lowest BCUT2D eigenvalue weighted by Crippen LogP contribution is -2.47. The van der Waals surface area contributed by atoms with Gasteiger partial charge in [-0.1, -0.05) is 19.1 Å². The third kappa shape index (κ3) is 4.90. The number of carbonyl (C=O) groups excluding carboxylic acids is 1. The average molecular weight is 478 g/mol. The Balaban J connectivity index is 1.65. The number of hydrogen-bond acceptors (Lipinski definition) is 5. The predicted octanol–water partition coefficient (Wildman–Crippen LogP) is 3.85. The molecule has 0 radical (unpaired) electrons. The van der Waals surface area contributed by atoms with Crippen molar-refractivity contribution < 1.29 is 18.0 Å². The summed E-state index contributed by atoms with van der Waals surface area (Å²) in [5, 5.41) is 5.20. The van der Waals surface area contributed by atoms with Gasteiger partial charge in [0.15, 0.2) is 0 Å². The SMILES string of the molecule is CCCC(=O)N1CCc2nc(NC(C)c3ccc(C(F)(F)F)cc3)n(N3CCCC3)c(=O)c2C1. The summed E-state index contributed by atoms with van der Waals surface area (Å²) >= 11 is 0. The molecule has 1 atom stereocenters. The number of alkyl halides is 3. The van der Waals surface area contributed by atoms with Gasteiger partial charge in [0.1, 0.15) is 0 Å². The molecule has 1 aromatic carbocycles. The normalized spacial score (nSPS) is 17.0. The zero-order valence-corrected chi connectivity index (χ0v) is 19.5. The molecule has 2 aliphatic rings. The summed E-state index contributed by atoms with van der Waals surface area (Å²) in [5.74, 6) is 0.421. The molecule has 1 N–H and O–H groups in total. The summed E-state index contributed by atoms with van der Waals surface area (Å²) in [6.07, 6.45) is -0.782. The number of rotatable bonds is 6. The molecule has 0 spiro atoms. The third-order valence-electron chi connectivity index (χ3n) is 6.47. The third-order valence-corrected chi connectivity index (χ3v) is 6.47. The van der Waals surface area contributed by atoms with E-state index in [0.29, 0.717) is 55.2 Å². The molecule has 0 bridgehead atoms. The van der Waals surface area contributed by atoms with Crippen molar-refractivity contribution in [1.29, 1.82) is 0 Å². The number of fused-ring (bicyclic) bond motifs is 1. The highest BCUT2D eigenvalue weighted by molar-refractivity contribution is 5.76. The van der Waals surface area contributed by atoms with Gasteiger partial charge in [-0.05, 0) is 43.9 Å². The Labute approximate surface area is 196 Å². The lowest BCUT2D eigenvalue weighted by Gasteiger charge is -2.31. The number of aromatic nitrogens is 2. The first-order valence-corrected chi connectivity index (χ1v) is 11.8. The van der Waals surface area contributed by atoms with E-state index in [1.54, 1.807) is 9.58 Å². The van der Waals surface area contributed by atoms with Crippen molar-refractivity contribution >= 4 is 11.9 Å². The molecule has 7 nitrogen and oxygen atoms in total. The van der Waals surface area contributed by atoms with Crippen LogP contribution in [-0.2, 0) is 23.9 Å². The number of benzene rings is 1. The molecule has 3 heterocycles. The maximum absolute atomic E-state index is 13.6. The lowest BCUT2D eigenvalue weighted by atomic mass is 10.1. The largest absolute Gasteiger partial charge is 0.416 e. The highest BCUT2D eigenvalue weighted by Gasteiger charge is 2.31. The molecular formula is C24H30F3N5O2. The van der Waals surface area contributed by atoms with Gasteiger partial charge in [-0.15, -0.1) is 0 Å². The lowest BCUT2D eigenvalue weighted by molar-refractivity contribution is -0.137. The molecule has 1 unspecified atom stereocenters. The van der Waals surface area contributed by atoms with Gasteiger partial charge in [-0.25, -0.2) is 4.98 Å². The van der Waals surface area contributed by atoms with Gasteiger partial charge in [0.05, 0.1) is 29.4 Å².